The van der Waals surface area contributed by atoms with Gasteiger partial charge in [-0.05, 0) is 55.5 Å². The summed E-state index contributed by atoms with van der Waals surface area (Å²) >= 11 is 3.38. The zero-order chi connectivity index (χ0) is 26.3. The number of nitrogens with zero attached hydrogens (tertiary/aromatic N) is 2. The molecule has 36 heavy (non-hydrogen) atoms. The molecule has 2 aromatic rings. The van der Waals surface area contributed by atoms with Crippen molar-refractivity contribution in [2.75, 3.05) is 17.1 Å². The van der Waals surface area contributed by atoms with Crippen molar-refractivity contribution < 1.29 is 18.0 Å². The molecule has 0 heterocycles. The minimum Gasteiger partial charge on any atom is -0.352 e. The van der Waals surface area contributed by atoms with E-state index in [1.165, 1.54) is 11.3 Å². The number of aryl methyl sites for hydroxylation is 1. The van der Waals surface area contributed by atoms with E-state index in [0.717, 1.165) is 47.4 Å². The largest absolute Gasteiger partial charge is 0.352 e. The van der Waals surface area contributed by atoms with Gasteiger partial charge in [0.1, 0.15) is 12.6 Å². The van der Waals surface area contributed by atoms with Crippen LogP contribution < -0.4 is 9.62 Å². The maximum Gasteiger partial charge on any atom is 0.244 e. The lowest BCUT2D eigenvalue weighted by Crippen LogP contribution is -2.54. The molecular weight excluding hydrogens is 542 g/mol. The van der Waals surface area contributed by atoms with Gasteiger partial charge < -0.3 is 10.2 Å². The van der Waals surface area contributed by atoms with Crippen LogP contribution in [0.5, 0.6) is 0 Å². The highest BCUT2D eigenvalue weighted by molar-refractivity contribution is 9.10. The summed E-state index contributed by atoms with van der Waals surface area (Å²) in [5.74, 6) is -0.603. The highest BCUT2D eigenvalue weighted by Crippen LogP contribution is 2.24. The second-order valence-electron chi connectivity index (χ2n) is 9.47. The van der Waals surface area contributed by atoms with Crippen LogP contribution in [-0.2, 0) is 26.2 Å². The molecule has 0 aromatic heterocycles. The van der Waals surface area contributed by atoms with E-state index in [-0.39, 0.29) is 18.5 Å². The summed E-state index contributed by atoms with van der Waals surface area (Å²) in [6.45, 7) is 3.67. The maximum absolute atomic E-state index is 13.8. The summed E-state index contributed by atoms with van der Waals surface area (Å²) < 4.78 is 27.2. The number of hydrogen-bond donors (Lipinski definition) is 1. The number of hydrogen-bond acceptors (Lipinski definition) is 4. The summed E-state index contributed by atoms with van der Waals surface area (Å²) in [4.78, 5) is 28.8. The molecular formula is C27H36BrN3O4S. The molecule has 0 aliphatic heterocycles. The Labute approximate surface area is 223 Å². The van der Waals surface area contributed by atoms with Crippen LogP contribution in [0.1, 0.15) is 56.6 Å². The van der Waals surface area contributed by atoms with Crippen LogP contribution in [0.25, 0.3) is 0 Å². The number of benzene rings is 2. The van der Waals surface area contributed by atoms with Gasteiger partial charge >= 0.3 is 0 Å². The van der Waals surface area contributed by atoms with E-state index in [1.54, 1.807) is 24.3 Å². The average Bonchev–Trinajstić information content (AvgIpc) is 2.83. The van der Waals surface area contributed by atoms with Gasteiger partial charge in [0.2, 0.25) is 21.8 Å². The Morgan fingerprint density at radius 2 is 1.78 bits per heavy atom. The number of nitrogens with one attached hydrogen (secondary N) is 1. The molecule has 0 saturated heterocycles. The van der Waals surface area contributed by atoms with Crippen molar-refractivity contribution in [2.45, 2.75) is 71.0 Å². The third-order valence-corrected chi connectivity index (χ3v) is 8.35. The van der Waals surface area contributed by atoms with Gasteiger partial charge in [-0.3, -0.25) is 13.9 Å². The summed E-state index contributed by atoms with van der Waals surface area (Å²) in [5, 5.41) is 3.16. The van der Waals surface area contributed by atoms with E-state index >= 15 is 0 Å². The number of halogens is 1. The number of anilines is 1. The van der Waals surface area contributed by atoms with E-state index < -0.39 is 28.5 Å². The Morgan fingerprint density at radius 3 is 2.39 bits per heavy atom. The lowest BCUT2D eigenvalue weighted by molar-refractivity contribution is -0.140. The molecule has 0 radical (unpaired) electrons. The Morgan fingerprint density at radius 1 is 1.08 bits per heavy atom. The fraction of sp³-hybridized carbons (Fsp3) is 0.481. The van der Waals surface area contributed by atoms with Crippen molar-refractivity contribution in [2.24, 2.45) is 0 Å². The van der Waals surface area contributed by atoms with Crippen LogP contribution in [0.15, 0.2) is 53.0 Å². The topological polar surface area (TPSA) is 86.8 Å². The van der Waals surface area contributed by atoms with Gasteiger partial charge in [-0.15, -0.1) is 0 Å². The van der Waals surface area contributed by atoms with E-state index in [2.05, 4.69) is 21.2 Å². The predicted octanol–water partition coefficient (Wildman–Crippen LogP) is 4.78. The third-order valence-electron chi connectivity index (χ3n) is 6.71. The lowest BCUT2D eigenvalue weighted by atomic mass is 9.95. The first kappa shape index (κ1) is 28.2. The Bertz CT molecular complexity index is 1170. The quantitative estimate of drug-likeness (QED) is 0.440. The molecule has 0 unspecified atom stereocenters. The Balaban J connectivity index is 1.92. The molecule has 0 bridgehead atoms. The zero-order valence-electron chi connectivity index (χ0n) is 21.2. The number of rotatable bonds is 10. The molecule has 1 N–H and O–H groups in total. The van der Waals surface area contributed by atoms with Crippen molar-refractivity contribution >= 4 is 43.5 Å². The number of carbonyl (C=O) groups excluding carboxylic acids is 2. The van der Waals surface area contributed by atoms with Gasteiger partial charge in [0.25, 0.3) is 0 Å². The number of amides is 2. The molecule has 196 valence electrons. The van der Waals surface area contributed by atoms with Crippen LogP contribution in [0.4, 0.5) is 5.69 Å². The van der Waals surface area contributed by atoms with Crippen LogP contribution in [0.2, 0.25) is 0 Å². The van der Waals surface area contributed by atoms with Gasteiger partial charge in [-0.2, -0.15) is 0 Å². The fourth-order valence-electron chi connectivity index (χ4n) is 4.68. The van der Waals surface area contributed by atoms with Gasteiger partial charge in [0.05, 0.1) is 11.9 Å². The van der Waals surface area contributed by atoms with Crippen molar-refractivity contribution in [3.8, 4) is 0 Å². The molecule has 1 aliphatic rings. The maximum atomic E-state index is 13.8. The van der Waals surface area contributed by atoms with Gasteiger partial charge in [0.15, 0.2) is 0 Å². The standard InChI is InChI=1S/C27H36BrN3O4S/c1-4-25(27(33)29-23-14-6-5-7-15-23)30(18-21-12-9-8-11-20(21)2)26(32)19-31(36(3,34)35)24-16-10-13-22(28)17-24/h8-13,16-17,23,25H,4-7,14-15,18-19H2,1-3H3,(H,29,33)/t25-/m0/s1. The summed E-state index contributed by atoms with van der Waals surface area (Å²) in [7, 11) is -3.76. The first-order valence-electron chi connectivity index (χ1n) is 12.5. The highest BCUT2D eigenvalue weighted by Gasteiger charge is 2.33. The van der Waals surface area contributed by atoms with Gasteiger partial charge in [-0.1, -0.05) is 72.4 Å². The van der Waals surface area contributed by atoms with Crippen LogP contribution in [0.3, 0.4) is 0 Å². The van der Waals surface area contributed by atoms with Crippen molar-refractivity contribution in [3.63, 3.8) is 0 Å². The molecule has 3 rings (SSSR count). The van der Waals surface area contributed by atoms with Gasteiger partial charge in [0, 0.05) is 17.1 Å². The minimum atomic E-state index is -3.76. The molecule has 9 heteroatoms. The molecule has 0 spiro atoms. The van der Waals surface area contributed by atoms with Crippen LogP contribution in [0, 0.1) is 6.92 Å². The monoisotopic (exact) mass is 577 g/mol. The SMILES string of the molecule is CC[C@@H](C(=O)NC1CCCCC1)N(Cc1ccccc1C)C(=O)CN(c1cccc(Br)c1)S(C)(=O)=O. The second kappa shape index (κ2) is 12.7. The van der Waals surface area contributed by atoms with Crippen molar-refractivity contribution in [1.82, 2.24) is 10.2 Å². The first-order valence-corrected chi connectivity index (χ1v) is 15.1. The number of carbonyl (C=O) groups is 2. The highest BCUT2D eigenvalue weighted by atomic mass is 79.9. The van der Waals surface area contributed by atoms with Crippen molar-refractivity contribution in [1.29, 1.82) is 0 Å². The average molecular weight is 579 g/mol. The summed E-state index contributed by atoms with van der Waals surface area (Å²) in [6, 6.07) is 14.0. The molecule has 1 atom stereocenters. The predicted molar refractivity (Wildman–Crippen MR) is 147 cm³/mol. The zero-order valence-corrected chi connectivity index (χ0v) is 23.6. The third kappa shape index (κ3) is 7.56. The van der Waals surface area contributed by atoms with E-state index in [0.29, 0.717) is 16.6 Å². The van der Waals surface area contributed by atoms with E-state index in [9.17, 15) is 18.0 Å². The van der Waals surface area contributed by atoms with Crippen LogP contribution >= 0.6 is 15.9 Å². The lowest BCUT2D eigenvalue weighted by Gasteiger charge is -2.34. The van der Waals surface area contributed by atoms with Gasteiger partial charge in [-0.25, -0.2) is 8.42 Å². The molecule has 1 fully saturated rings. The second-order valence-corrected chi connectivity index (χ2v) is 12.3. The fourth-order valence-corrected chi connectivity index (χ4v) is 5.91. The number of sulfonamides is 1. The summed E-state index contributed by atoms with van der Waals surface area (Å²) in [5.41, 5.74) is 2.31. The van der Waals surface area contributed by atoms with E-state index in [4.69, 9.17) is 0 Å². The summed E-state index contributed by atoms with van der Waals surface area (Å²) in [6.07, 6.45) is 6.74. The van der Waals surface area contributed by atoms with Crippen molar-refractivity contribution in [3.05, 3.63) is 64.1 Å². The Hall–Kier alpha value is -2.39. The van der Waals surface area contributed by atoms with Crippen LogP contribution in [-0.4, -0.2) is 50.0 Å². The first-order chi connectivity index (χ1) is 17.1. The molecule has 1 saturated carbocycles. The Kier molecular flexibility index (Phi) is 9.96. The smallest absolute Gasteiger partial charge is 0.244 e. The molecule has 2 amide bonds. The minimum absolute atomic E-state index is 0.116. The normalized spacial score (nSPS) is 15.2. The molecule has 2 aromatic carbocycles. The molecule has 7 nitrogen and oxygen atoms in total. The van der Waals surface area contributed by atoms with E-state index in [1.807, 2.05) is 38.1 Å². The molecule has 1 aliphatic carbocycles.